The molecule has 5 nitrogen and oxygen atoms in total. The third kappa shape index (κ3) is 2.38. The van der Waals surface area contributed by atoms with E-state index in [4.69, 9.17) is 13.9 Å². The minimum Gasteiger partial charge on any atom is -0.458 e. The SMILES string of the molecule is O=C1OCCOC(=O)c2c(-c3cccs3)oc(-c3cccs3)c21. The molecule has 4 rings (SSSR count). The molecule has 0 fully saturated rings. The zero-order chi connectivity index (χ0) is 15.8. The smallest absolute Gasteiger partial charge is 0.343 e. The summed E-state index contributed by atoms with van der Waals surface area (Å²) in [6.07, 6.45) is 0. The van der Waals surface area contributed by atoms with Crippen molar-refractivity contribution in [3.8, 4) is 21.3 Å². The summed E-state index contributed by atoms with van der Waals surface area (Å²) >= 11 is 2.85. The number of cyclic esters (lactones) is 2. The van der Waals surface area contributed by atoms with Crippen molar-refractivity contribution in [2.24, 2.45) is 0 Å². The first kappa shape index (κ1) is 14.2. The van der Waals surface area contributed by atoms with Crippen LogP contribution in [0, 0.1) is 0 Å². The standard InChI is InChI=1S/C16H10O5S2/c17-15-11-12(16(18)20-6-5-19-15)14(10-4-2-8-23-10)21-13(11)9-3-1-7-22-9/h1-4,7-8H,5-6H2. The van der Waals surface area contributed by atoms with Gasteiger partial charge in [-0.25, -0.2) is 9.59 Å². The van der Waals surface area contributed by atoms with Crippen molar-refractivity contribution in [3.05, 3.63) is 46.2 Å². The zero-order valence-corrected chi connectivity index (χ0v) is 13.4. The Kier molecular flexibility index (Phi) is 3.51. The Balaban J connectivity index is 2.02. The van der Waals surface area contributed by atoms with Gasteiger partial charge in [0.15, 0.2) is 11.5 Å². The lowest BCUT2D eigenvalue weighted by atomic mass is 10.1. The zero-order valence-electron chi connectivity index (χ0n) is 11.7. The van der Waals surface area contributed by atoms with Crippen molar-refractivity contribution in [3.63, 3.8) is 0 Å². The molecule has 0 saturated heterocycles. The number of carbonyl (C=O) groups is 2. The summed E-state index contributed by atoms with van der Waals surface area (Å²) in [6, 6.07) is 7.37. The normalized spacial score (nSPS) is 14.6. The van der Waals surface area contributed by atoms with Crippen molar-refractivity contribution < 1.29 is 23.5 Å². The molecule has 0 bridgehead atoms. The highest BCUT2D eigenvalue weighted by Gasteiger charge is 2.35. The van der Waals surface area contributed by atoms with Crippen LogP contribution in [0.2, 0.25) is 0 Å². The van der Waals surface area contributed by atoms with Crippen molar-refractivity contribution in [1.29, 1.82) is 0 Å². The lowest BCUT2D eigenvalue weighted by Crippen LogP contribution is -2.21. The molecule has 4 heterocycles. The Morgan fingerprint density at radius 1 is 0.783 bits per heavy atom. The van der Waals surface area contributed by atoms with E-state index in [0.717, 1.165) is 9.75 Å². The van der Waals surface area contributed by atoms with Gasteiger partial charge in [0.25, 0.3) is 0 Å². The number of ether oxygens (including phenoxy) is 2. The van der Waals surface area contributed by atoms with E-state index in [0.29, 0.717) is 11.5 Å². The topological polar surface area (TPSA) is 65.7 Å². The molecule has 1 aliphatic heterocycles. The van der Waals surface area contributed by atoms with Gasteiger partial charge >= 0.3 is 11.9 Å². The molecule has 0 aliphatic carbocycles. The predicted octanol–water partition coefficient (Wildman–Crippen LogP) is 4.06. The Hall–Kier alpha value is -2.38. The highest BCUT2D eigenvalue weighted by atomic mass is 32.1. The number of esters is 2. The fourth-order valence-corrected chi connectivity index (χ4v) is 3.82. The van der Waals surface area contributed by atoms with Gasteiger partial charge in [-0.1, -0.05) is 12.1 Å². The minimum absolute atomic E-state index is 0.0351. The molecule has 3 aromatic rings. The fourth-order valence-electron chi connectivity index (χ4n) is 2.40. The van der Waals surface area contributed by atoms with Crippen LogP contribution in [0.25, 0.3) is 21.3 Å². The van der Waals surface area contributed by atoms with Crippen LogP contribution in [0.3, 0.4) is 0 Å². The van der Waals surface area contributed by atoms with Crippen LogP contribution in [-0.2, 0) is 9.47 Å². The number of hydrogen-bond acceptors (Lipinski definition) is 7. The molecule has 0 N–H and O–H groups in total. The van der Waals surface area contributed by atoms with Crippen molar-refractivity contribution in [2.45, 2.75) is 0 Å². The summed E-state index contributed by atoms with van der Waals surface area (Å²) in [7, 11) is 0. The number of rotatable bonds is 2. The van der Waals surface area contributed by atoms with Crippen LogP contribution in [0.1, 0.15) is 20.7 Å². The summed E-state index contributed by atoms with van der Waals surface area (Å²) in [5.41, 5.74) is 0.279. The third-order valence-corrected chi connectivity index (χ3v) is 5.09. The summed E-state index contributed by atoms with van der Waals surface area (Å²) in [6.45, 7) is 0.0703. The van der Waals surface area contributed by atoms with E-state index in [1.807, 2.05) is 35.0 Å². The maximum atomic E-state index is 12.4. The first-order valence-corrected chi connectivity index (χ1v) is 8.60. The van der Waals surface area contributed by atoms with Gasteiger partial charge in [-0.05, 0) is 22.9 Å². The number of fused-ring (bicyclic) bond motifs is 1. The van der Waals surface area contributed by atoms with Gasteiger partial charge in [0.1, 0.15) is 24.3 Å². The van der Waals surface area contributed by atoms with Gasteiger partial charge in [-0.2, -0.15) is 0 Å². The van der Waals surface area contributed by atoms with E-state index >= 15 is 0 Å². The van der Waals surface area contributed by atoms with E-state index < -0.39 is 11.9 Å². The van der Waals surface area contributed by atoms with Crippen LogP contribution in [-0.4, -0.2) is 25.2 Å². The van der Waals surface area contributed by atoms with Gasteiger partial charge in [0, 0.05) is 0 Å². The van der Waals surface area contributed by atoms with Gasteiger partial charge in [0.05, 0.1) is 9.75 Å². The van der Waals surface area contributed by atoms with Crippen molar-refractivity contribution >= 4 is 34.6 Å². The lowest BCUT2D eigenvalue weighted by Gasteiger charge is -2.11. The molecule has 3 aromatic heterocycles. The van der Waals surface area contributed by atoms with Gasteiger partial charge in [0.2, 0.25) is 0 Å². The Bertz CT molecular complexity index is 788. The molecule has 116 valence electrons. The van der Waals surface area contributed by atoms with Crippen LogP contribution in [0.5, 0.6) is 0 Å². The van der Waals surface area contributed by atoms with E-state index in [2.05, 4.69) is 0 Å². The fraction of sp³-hybridized carbons (Fsp3) is 0.125. The predicted molar refractivity (Wildman–Crippen MR) is 85.9 cm³/mol. The Morgan fingerprint density at radius 2 is 1.26 bits per heavy atom. The number of hydrogen-bond donors (Lipinski definition) is 0. The van der Waals surface area contributed by atoms with Crippen LogP contribution in [0.15, 0.2) is 39.4 Å². The van der Waals surface area contributed by atoms with Gasteiger partial charge in [-0.3, -0.25) is 0 Å². The van der Waals surface area contributed by atoms with Crippen molar-refractivity contribution in [1.82, 2.24) is 0 Å². The van der Waals surface area contributed by atoms with E-state index in [1.165, 1.54) is 22.7 Å². The summed E-state index contributed by atoms with van der Waals surface area (Å²) in [5.74, 6) is -0.428. The molecule has 7 heteroatoms. The highest BCUT2D eigenvalue weighted by Crippen LogP contribution is 2.41. The summed E-state index contributed by atoms with van der Waals surface area (Å²) in [4.78, 5) is 26.4. The molecule has 23 heavy (non-hydrogen) atoms. The molecule has 0 radical (unpaired) electrons. The first-order valence-electron chi connectivity index (χ1n) is 6.84. The third-order valence-electron chi connectivity index (χ3n) is 3.36. The molecule has 0 saturated carbocycles. The maximum Gasteiger partial charge on any atom is 0.343 e. The molecule has 0 amide bonds. The Labute approximate surface area is 139 Å². The van der Waals surface area contributed by atoms with Crippen LogP contribution in [0.4, 0.5) is 0 Å². The highest BCUT2D eigenvalue weighted by molar-refractivity contribution is 7.14. The van der Waals surface area contributed by atoms with Crippen LogP contribution >= 0.6 is 22.7 Å². The summed E-state index contributed by atoms with van der Waals surface area (Å²) < 4.78 is 16.2. The molecule has 0 aromatic carbocycles. The van der Waals surface area contributed by atoms with Crippen molar-refractivity contribution in [2.75, 3.05) is 13.2 Å². The molecular weight excluding hydrogens is 336 g/mol. The van der Waals surface area contributed by atoms with E-state index in [1.54, 1.807) is 0 Å². The molecule has 0 unspecified atom stereocenters. The summed E-state index contributed by atoms with van der Waals surface area (Å²) in [5, 5.41) is 3.75. The number of thiophene rings is 2. The van der Waals surface area contributed by atoms with Gasteiger partial charge in [-0.15, -0.1) is 22.7 Å². The average molecular weight is 346 g/mol. The molecule has 0 atom stereocenters. The number of carbonyl (C=O) groups excluding carboxylic acids is 2. The number of furan rings is 1. The quantitative estimate of drug-likeness (QED) is 0.655. The molecule has 1 aliphatic rings. The van der Waals surface area contributed by atoms with Gasteiger partial charge < -0.3 is 13.9 Å². The second-order valence-electron chi connectivity index (χ2n) is 4.74. The maximum absolute atomic E-state index is 12.4. The average Bonchev–Trinajstić information content (AvgIpc) is 3.28. The second-order valence-corrected chi connectivity index (χ2v) is 6.63. The second kappa shape index (κ2) is 5.68. The van der Waals surface area contributed by atoms with Crippen LogP contribution < -0.4 is 0 Å². The Morgan fingerprint density at radius 3 is 1.65 bits per heavy atom. The lowest BCUT2D eigenvalue weighted by molar-refractivity contribution is 0.0228. The largest absolute Gasteiger partial charge is 0.458 e. The van der Waals surface area contributed by atoms with E-state index in [-0.39, 0.29) is 24.3 Å². The monoisotopic (exact) mass is 346 g/mol. The first-order chi connectivity index (χ1) is 11.3. The minimum atomic E-state index is -0.563. The molecule has 0 spiro atoms. The van der Waals surface area contributed by atoms with E-state index in [9.17, 15) is 9.59 Å². The molecular formula is C16H10O5S2.